The number of anilines is 1. The second-order valence-electron chi connectivity index (χ2n) is 6.90. The number of benzene rings is 1. The van der Waals surface area contributed by atoms with Crippen LogP contribution in [0.25, 0.3) is 0 Å². The van der Waals surface area contributed by atoms with Crippen molar-refractivity contribution in [2.45, 2.75) is 33.7 Å². The van der Waals surface area contributed by atoms with Gasteiger partial charge in [-0.05, 0) is 51.0 Å². The van der Waals surface area contributed by atoms with Crippen molar-refractivity contribution in [1.29, 1.82) is 0 Å². The molecule has 1 amide bonds. The summed E-state index contributed by atoms with van der Waals surface area (Å²) in [5, 5.41) is 0. The summed E-state index contributed by atoms with van der Waals surface area (Å²) in [7, 11) is 0. The van der Waals surface area contributed by atoms with Gasteiger partial charge >= 0.3 is 0 Å². The largest absolute Gasteiger partial charge is 0.367 e. The third-order valence-corrected chi connectivity index (χ3v) is 5.07. The Hall–Kier alpha value is -2.56. The minimum atomic E-state index is -0.304. The Bertz CT molecular complexity index is 856. The van der Waals surface area contributed by atoms with E-state index in [1.165, 1.54) is 11.3 Å². The number of piperazine rings is 1. The molecule has 0 bridgehead atoms. The molecule has 1 saturated heterocycles. The van der Waals surface area contributed by atoms with E-state index in [1.54, 1.807) is 6.07 Å². The molecule has 1 aliphatic heterocycles. The quantitative estimate of drug-likeness (QED) is 0.915. The molecule has 1 aromatic carbocycles. The highest BCUT2D eigenvalue weighted by Crippen LogP contribution is 2.23. The molecule has 2 aromatic rings. The van der Waals surface area contributed by atoms with Crippen LogP contribution in [0.15, 0.2) is 35.1 Å². The molecule has 1 aromatic heterocycles. The van der Waals surface area contributed by atoms with Crippen LogP contribution in [-0.4, -0.2) is 41.5 Å². The van der Waals surface area contributed by atoms with Crippen molar-refractivity contribution in [2.24, 2.45) is 0 Å². The number of aromatic nitrogens is 1. The zero-order valence-corrected chi connectivity index (χ0v) is 15.3. The van der Waals surface area contributed by atoms with E-state index in [2.05, 4.69) is 28.9 Å². The Balaban J connectivity index is 1.80. The summed E-state index contributed by atoms with van der Waals surface area (Å²) in [5.74, 6) is -0.179. The molecule has 3 rings (SSSR count). The Morgan fingerprint density at radius 3 is 2.52 bits per heavy atom. The minimum absolute atomic E-state index is 0.0434. The first kappa shape index (κ1) is 17.3. The number of carbonyl (C=O) groups excluding carboxylic acids is 1. The number of rotatable bonds is 2. The molecule has 5 heteroatoms. The predicted molar refractivity (Wildman–Crippen MR) is 100 cm³/mol. The van der Waals surface area contributed by atoms with Crippen molar-refractivity contribution >= 4 is 11.6 Å². The first-order chi connectivity index (χ1) is 11.9. The van der Waals surface area contributed by atoms with Gasteiger partial charge in [0.1, 0.15) is 5.56 Å². The van der Waals surface area contributed by atoms with Crippen LogP contribution in [0.1, 0.15) is 34.1 Å². The van der Waals surface area contributed by atoms with Gasteiger partial charge in [0.15, 0.2) is 0 Å². The average Bonchev–Trinajstić information content (AvgIpc) is 2.58. The molecule has 5 nitrogen and oxygen atoms in total. The average molecular weight is 339 g/mol. The summed E-state index contributed by atoms with van der Waals surface area (Å²) >= 11 is 0. The number of nitrogens with zero attached hydrogens (tertiary/aromatic N) is 2. The van der Waals surface area contributed by atoms with Crippen LogP contribution in [0.4, 0.5) is 5.69 Å². The number of para-hydroxylation sites is 1. The lowest BCUT2D eigenvalue weighted by molar-refractivity contribution is 0.0672. The molecular formula is C20H25N3O2. The summed E-state index contributed by atoms with van der Waals surface area (Å²) in [6, 6.07) is 10.0. The van der Waals surface area contributed by atoms with Gasteiger partial charge < -0.3 is 14.8 Å². The Morgan fingerprint density at radius 1 is 1.12 bits per heavy atom. The molecule has 0 spiro atoms. The molecular weight excluding hydrogens is 314 g/mol. The van der Waals surface area contributed by atoms with Crippen LogP contribution in [-0.2, 0) is 0 Å². The molecule has 2 heterocycles. The maximum absolute atomic E-state index is 12.9. The van der Waals surface area contributed by atoms with Crippen molar-refractivity contribution in [3.05, 3.63) is 63.1 Å². The van der Waals surface area contributed by atoms with E-state index < -0.39 is 0 Å². The monoisotopic (exact) mass is 339 g/mol. The maximum atomic E-state index is 12.9. The summed E-state index contributed by atoms with van der Waals surface area (Å²) in [4.78, 5) is 32.0. The van der Waals surface area contributed by atoms with Crippen molar-refractivity contribution in [3.63, 3.8) is 0 Å². The molecule has 1 atom stereocenters. The summed E-state index contributed by atoms with van der Waals surface area (Å²) in [5.41, 5.74) is 4.11. The third kappa shape index (κ3) is 3.31. The third-order valence-electron chi connectivity index (χ3n) is 5.07. The van der Waals surface area contributed by atoms with Gasteiger partial charge in [-0.2, -0.15) is 0 Å². The normalized spacial score (nSPS) is 17.7. The number of H-pyrrole nitrogens is 1. The van der Waals surface area contributed by atoms with Crippen molar-refractivity contribution < 1.29 is 4.79 Å². The Labute approximate surface area is 148 Å². The summed E-state index contributed by atoms with van der Waals surface area (Å²) < 4.78 is 0. The molecule has 1 aliphatic rings. The van der Waals surface area contributed by atoms with Crippen molar-refractivity contribution in [1.82, 2.24) is 9.88 Å². The van der Waals surface area contributed by atoms with Crippen LogP contribution < -0.4 is 10.5 Å². The van der Waals surface area contributed by atoms with Gasteiger partial charge in [-0.1, -0.05) is 18.2 Å². The number of carbonyl (C=O) groups is 1. The molecule has 0 saturated carbocycles. The predicted octanol–water partition coefficient (Wildman–Crippen LogP) is 2.65. The molecule has 25 heavy (non-hydrogen) atoms. The number of hydrogen-bond acceptors (Lipinski definition) is 3. The van der Waals surface area contributed by atoms with Gasteiger partial charge in [0.25, 0.3) is 11.5 Å². The first-order valence-electron chi connectivity index (χ1n) is 8.70. The van der Waals surface area contributed by atoms with Crippen molar-refractivity contribution in [2.75, 3.05) is 24.5 Å². The molecule has 0 radical (unpaired) electrons. The van der Waals surface area contributed by atoms with E-state index in [0.29, 0.717) is 6.54 Å². The van der Waals surface area contributed by atoms with Crippen LogP contribution in [0.3, 0.4) is 0 Å². The standard InChI is InChI=1S/C20H25N3O2/c1-13-7-5-6-8-18(13)22-9-10-23(15(3)12-22)20(25)17-11-14(2)16(4)21-19(17)24/h5-8,11,15H,9-10,12H2,1-4H3,(H,21,24)/t15-/m0/s1. The van der Waals surface area contributed by atoms with E-state index in [9.17, 15) is 9.59 Å². The fourth-order valence-electron chi connectivity index (χ4n) is 3.44. The summed E-state index contributed by atoms with van der Waals surface area (Å²) in [6.45, 7) is 10.0. The second kappa shape index (κ2) is 6.75. The number of nitrogens with one attached hydrogen (secondary N) is 1. The van der Waals surface area contributed by atoms with Gasteiger partial charge in [0, 0.05) is 37.1 Å². The molecule has 0 unspecified atom stereocenters. The molecule has 1 fully saturated rings. The highest BCUT2D eigenvalue weighted by atomic mass is 16.2. The fraction of sp³-hybridized carbons (Fsp3) is 0.400. The van der Waals surface area contributed by atoms with Gasteiger partial charge in [0.2, 0.25) is 0 Å². The molecule has 1 N–H and O–H groups in total. The number of aromatic amines is 1. The SMILES string of the molecule is Cc1ccccc1N1CCN(C(=O)c2cc(C)c(C)[nH]c2=O)[C@@H](C)C1. The molecule has 0 aliphatic carbocycles. The topological polar surface area (TPSA) is 56.4 Å². The smallest absolute Gasteiger partial charge is 0.261 e. The Kier molecular flexibility index (Phi) is 4.66. The zero-order valence-electron chi connectivity index (χ0n) is 15.3. The van der Waals surface area contributed by atoms with E-state index in [0.717, 1.165) is 24.3 Å². The lowest BCUT2D eigenvalue weighted by Gasteiger charge is -2.41. The summed E-state index contributed by atoms with van der Waals surface area (Å²) in [6.07, 6.45) is 0. The lowest BCUT2D eigenvalue weighted by Crippen LogP contribution is -2.55. The van der Waals surface area contributed by atoms with Gasteiger partial charge in [-0.25, -0.2) is 0 Å². The van der Waals surface area contributed by atoms with Crippen LogP contribution in [0.5, 0.6) is 0 Å². The fourth-order valence-corrected chi connectivity index (χ4v) is 3.44. The number of aryl methyl sites for hydroxylation is 3. The maximum Gasteiger partial charge on any atom is 0.261 e. The lowest BCUT2D eigenvalue weighted by atomic mass is 10.1. The van der Waals surface area contributed by atoms with E-state index in [4.69, 9.17) is 0 Å². The highest BCUT2D eigenvalue weighted by Gasteiger charge is 2.30. The number of hydrogen-bond donors (Lipinski definition) is 1. The van der Waals surface area contributed by atoms with Crippen LogP contribution in [0.2, 0.25) is 0 Å². The highest BCUT2D eigenvalue weighted by molar-refractivity contribution is 5.94. The zero-order chi connectivity index (χ0) is 18.1. The van der Waals surface area contributed by atoms with E-state index in [1.807, 2.05) is 37.8 Å². The van der Waals surface area contributed by atoms with Crippen molar-refractivity contribution in [3.8, 4) is 0 Å². The van der Waals surface area contributed by atoms with Crippen LogP contribution >= 0.6 is 0 Å². The second-order valence-corrected chi connectivity index (χ2v) is 6.90. The van der Waals surface area contributed by atoms with Gasteiger partial charge in [-0.15, -0.1) is 0 Å². The number of amides is 1. The molecule has 132 valence electrons. The number of pyridine rings is 1. The first-order valence-corrected chi connectivity index (χ1v) is 8.70. The van der Waals surface area contributed by atoms with Crippen LogP contribution in [0, 0.1) is 20.8 Å². The van der Waals surface area contributed by atoms with Gasteiger partial charge in [-0.3, -0.25) is 9.59 Å². The minimum Gasteiger partial charge on any atom is -0.367 e. The van der Waals surface area contributed by atoms with E-state index >= 15 is 0 Å². The van der Waals surface area contributed by atoms with Gasteiger partial charge in [0.05, 0.1) is 0 Å². The Morgan fingerprint density at radius 2 is 1.84 bits per heavy atom. The van der Waals surface area contributed by atoms with E-state index in [-0.39, 0.29) is 23.1 Å².